The number of hydrogen-bond donors (Lipinski definition) is 4. The van der Waals surface area contributed by atoms with Crippen LogP contribution in [0.2, 0.25) is 0 Å². The van der Waals surface area contributed by atoms with E-state index in [2.05, 4.69) is 30.9 Å². The highest BCUT2D eigenvalue weighted by molar-refractivity contribution is 6.06. The van der Waals surface area contributed by atoms with Gasteiger partial charge in [0, 0.05) is 18.7 Å². The fraction of sp³-hybridized carbons (Fsp3) is 0.182. The van der Waals surface area contributed by atoms with Crippen LogP contribution in [0.4, 0.5) is 37.9 Å². The van der Waals surface area contributed by atoms with Crippen LogP contribution in [0.1, 0.15) is 23.1 Å². The summed E-state index contributed by atoms with van der Waals surface area (Å²) in [6.45, 7) is 4.34. The van der Waals surface area contributed by atoms with Crippen LogP contribution in [-0.2, 0) is 0 Å². The molecule has 0 spiro atoms. The predicted molar refractivity (Wildman–Crippen MR) is 121 cm³/mol. The smallest absolute Gasteiger partial charge is 0.323 e. The molecule has 2 heterocycles. The Morgan fingerprint density at radius 3 is 2.74 bits per heavy atom. The number of halogens is 1. The average molecular weight is 419 g/mol. The van der Waals surface area contributed by atoms with E-state index in [1.165, 1.54) is 12.4 Å². The molecule has 0 aliphatic carbocycles. The lowest BCUT2D eigenvalue weighted by Gasteiger charge is -2.13. The van der Waals surface area contributed by atoms with E-state index in [1.807, 2.05) is 32.0 Å². The summed E-state index contributed by atoms with van der Waals surface area (Å²) in [5.41, 5.74) is 10.5. The summed E-state index contributed by atoms with van der Waals surface area (Å²) in [5.74, 6) is 0.388. The molecule has 0 bridgehead atoms. The number of fused-ring (bicyclic) bond motifs is 1. The fourth-order valence-electron chi connectivity index (χ4n) is 3.28. The third kappa shape index (κ3) is 4.45. The minimum atomic E-state index is -0.530. The summed E-state index contributed by atoms with van der Waals surface area (Å²) in [5, 5.41) is 8.55. The van der Waals surface area contributed by atoms with Gasteiger partial charge in [0.15, 0.2) is 11.6 Å². The Morgan fingerprint density at radius 2 is 1.90 bits per heavy atom. The van der Waals surface area contributed by atoms with Crippen LogP contribution in [0.25, 0.3) is 0 Å². The Balaban J connectivity index is 1.59. The number of hydrogen-bond acceptors (Lipinski definition) is 6. The number of aliphatic imine (C=N–C) groups is 1. The van der Waals surface area contributed by atoms with Crippen molar-refractivity contribution in [1.82, 2.24) is 9.97 Å². The molecule has 0 fully saturated rings. The van der Waals surface area contributed by atoms with Crippen LogP contribution < -0.4 is 21.7 Å². The zero-order chi connectivity index (χ0) is 22.0. The maximum atomic E-state index is 14.0. The summed E-state index contributed by atoms with van der Waals surface area (Å²) in [6, 6.07) is 9.68. The van der Waals surface area contributed by atoms with Crippen molar-refractivity contribution in [2.24, 2.45) is 4.99 Å². The van der Waals surface area contributed by atoms with Crippen molar-refractivity contribution >= 4 is 40.4 Å². The summed E-state index contributed by atoms with van der Waals surface area (Å²) in [6.07, 6.45) is 2.03. The average Bonchev–Trinajstić information content (AvgIpc) is 2.96. The lowest BCUT2D eigenvalue weighted by Crippen LogP contribution is -2.21. The van der Waals surface area contributed by atoms with Crippen LogP contribution in [0.3, 0.4) is 0 Å². The number of anilines is 4. The number of urea groups is 1. The predicted octanol–water partition coefficient (Wildman–Crippen LogP) is 4.40. The summed E-state index contributed by atoms with van der Waals surface area (Å²) in [4.78, 5) is 25.4. The number of nitrogens with zero attached hydrogens (tertiary/aromatic N) is 3. The van der Waals surface area contributed by atoms with Crippen molar-refractivity contribution in [3.8, 4) is 0 Å². The van der Waals surface area contributed by atoms with E-state index in [0.717, 1.165) is 22.4 Å². The zero-order valence-electron chi connectivity index (χ0n) is 17.2. The Morgan fingerprint density at radius 1 is 1.10 bits per heavy atom. The van der Waals surface area contributed by atoms with Gasteiger partial charge in [-0.1, -0.05) is 18.2 Å². The lowest BCUT2D eigenvalue weighted by molar-refractivity contribution is 0.262. The maximum absolute atomic E-state index is 14.0. The van der Waals surface area contributed by atoms with Crippen molar-refractivity contribution < 1.29 is 9.18 Å². The number of nitrogen functional groups attached to an aromatic ring is 1. The highest BCUT2D eigenvalue weighted by Gasteiger charge is 2.16. The van der Waals surface area contributed by atoms with Crippen LogP contribution in [0, 0.1) is 19.7 Å². The molecule has 2 amide bonds. The van der Waals surface area contributed by atoms with E-state index >= 15 is 0 Å². The van der Waals surface area contributed by atoms with Gasteiger partial charge in [0.1, 0.15) is 17.8 Å². The number of aryl methyl sites for hydroxylation is 2. The number of benzene rings is 2. The van der Waals surface area contributed by atoms with Gasteiger partial charge in [0.2, 0.25) is 0 Å². The minimum Gasteiger partial charge on any atom is -0.382 e. The SMILES string of the molecule is Cc1ccc(F)c(NC(=O)Nc2cc(C3=Nc4c(N)ncnc4NCC3)ccc2C)c1. The van der Waals surface area contributed by atoms with E-state index in [9.17, 15) is 9.18 Å². The second-order valence-corrected chi connectivity index (χ2v) is 7.28. The molecule has 0 saturated carbocycles. The molecule has 158 valence electrons. The van der Waals surface area contributed by atoms with Gasteiger partial charge in [0.25, 0.3) is 0 Å². The number of aromatic nitrogens is 2. The first-order chi connectivity index (χ1) is 14.9. The molecular formula is C22H22FN7O. The van der Waals surface area contributed by atoms with Crippen molar-refractivity contribution in [2.75, 3.05) is 28.2 Å². The van der Waals surface area contributed by atoms with Crippen LogP contribution in [0.5, 0.6) is 0 Å². The van der Waals surface area contributed by atoms with Crippen LogP contribution >= 0.6 is 0 Å². The molecule has 8 nitrogen and oxygen atoms in total. The first kappa shape index (κ1) is 20.3. The van der Waals surface area contributed by atoms with Crippen molar-refractivity contribution in [3.63, 3.8) is 0 Å². The van der Waals surface area contributed by atoms with Gasteiger partial charge in [0.05, 0.1) is 11.4 Å². The quantitative estimate of drug-likeness (QED) is 0.502. The Kier molecular flexibility index (Phi) is 5.48. The monoisotopic (exact) mass is 419 g/mol. The molecule has 1 aromatic heterocycles. The molecule has 4 rings (SSSR count). The number of nitrogens with one attached hydrogen (secondary N) is 3. The zero-order valence-corrected chi connectivity index (χ0v) is 17.2. The molecule has 3 aromatic rings. The Labute approximate surface area is 178 Å². The first-order valence-electron chi connectivity index (χ1n) is 9.78. The van der Waals surface area contributed by atoms with Gasteiger partial charge in [-0.05, 0) is 48.7 Å². The van der Waals surface area contributed by atoms with E-state index in [4.69, 9.17) is 5.73 Å². The molecular weight excluding hydrogens is 397 g/mol. The molecule has 0 saturated heterocycles. The van der Waals surface area contributed by atoms with Gasteiger partial charge in [-0.2, -0.15) is 0 Å². The number of amides is 2. The molecule has 2 aromatic carbocycles. The molecule has 0 atom stereocenters. The van der Waals surface area contributed by atoms with Gasteiger partial charge >= 0.3 is 6.03 Å². The van der Waals surface area contributed by atoms with Gasteiger partial charge < -0.3 is 21.7 Å². The van der Waals surface area contributed by atoms with E-state index in [0.29, 0.717) is 36.0 Å². The molecule has 0 unspecified atom stereocenters. The third-order valence-corrected chi connectivity index (χ3v) is 4.94. The molecule has 5 N–H and O–H groups in total. The highest BCUT2D eigenvalue weighted by atomic mass is 19.1. The Hall–Kier alpha value is -4.01. The third-order valence-electron chi connectivity index (χ3n) is 4.94. The normalized spacial score (nSPS) is 12.8. The van der Waals surface area contributed by atoms with Gasteiger partial charge in [-0.3, -0.25) is 0 Å². The minimum absolute atomic E-state index is 0.123. The summed E-state index contributed by atoms with van der Waals surface area (Å²) < 4.78 is 14.0. The van der Waals surface area contributed by atoms with Crippen molar-refractivity contribution in [3.05, 3.63) is 65.2 Å². The standard InChI is InChI=1S/C22H22FN7O/c1-12-3-6-15(23)18(9-12)30-22(31)29-17-10-14(5-4-13(17)2)16-7-8-25-21-19(28-16)20(24)26-11-27-21/h3-6,9-11H,7-8H2,1-2H3,(H2,29,30,31)(H3,24,25,26,27). The highest BCUT2D eigenvalue weighted by Crippen LogP contribution is 2.31. The molecule has 1 aliphatic heterocycles. The maximum Gasteiger partial charge on any atom is 0.323 e. The second-order valence-electron chi connectivity index (χ2n) is 7.28. The summed E-state index contributed by atoms with van der Waals surface area (Å²) in [7, 11) is 0. The summed E-state index contributed by atoms with van der Waals surface area (Å²) >= 11 is 0. The van der Waals surface area contributed by atoms with Crippen LogP contribution in [0.15, 0.2) is 47.7 Å². The molecule has 1 aliphatic rings. The van der Waals surface area contributed by atoms with Crippen molar-refractivity contribution in [2.45, 2.75) is 20.3 Å². The number of rotatable bonds is 3. The molecule has 31 heavy (non-hydrogen) atoms. The largest absolute Gasteiger partial charge is 0.382 e. The van der Waals surface area contributed by atoms with E-state index < -0.39 is 11.8 Å². The first-order valence-corrected chi connectivity index (χ1v) is 9.78. The second kappa shape index (κ2) is 8.39. The number of carbonyl (C=O) groups is 1. The number of nitrogens with two attached hydrogens (primary N) is 1. The fourth-order valence-corrected chi connectivity index (χ4v) is 3.28. The van der Waals surface area contributed by atoms with E-state index in [1.54, 1.807) is 12.1 Å². The van der Waals surface area contributed by atoms with Gasteiger partial charge in [-0.15, -0.1) is 0 Å². The van der Waals surface area contributed by atoms with Crippen LogP contribution in [-0.4, -0.2) is 28.3 Å². The number of carbonyl (C=O) groups excluding carboxylic acids is 1. The van der Waals surface area contributed by atoms with Crippen molar-refractivity contribution in [1.29, 1.82) is 0 Å². The topological polar surface area (TPSA) is 117 Å². The van der Waals surface area contributed by atoms with Gasteiger partial charge in [-0.25, -0.2) is 24.1 Å². The molecule has 9 heteroatoms. The Bertz CT molecular complexity index is 1190. The molecule has 0 radical (unpaired) electrons. The lowest BCUT2D eigenvalue weighted by atomic mass is 10.0. The van der Waals surface area contributed by atoms with E-state index in [-0.39, 0.29) is 5.69 Å².